The minimum absolute atomic E-state index is 0.807. The number of fused-ring (bicyclic) bond motifs is 2. The molecule has 5 rings (SSSR count). The predicted octanol–water partition coefficient (Wildman–Crippen LogP) is 3.77. The van der Waals surface area contributed by atoms with Crippen LogP contribution in [0.1, 0.15) is 31.7 Å². The van der Waals surface area contributed by atoms with E-state index in [1.165, 1.54) is 45.4 Å². The van der Waals surface area contributed by atoms with E-state index < -0.39 is 0 Å². The van der Waals surface area contributed by atoms with E-state index in [2.05, 4.69) is 46.7 Å². The molecule has 0 aromatic heterocycles. The molecule has 0 radical (unpaired) electrons. The molecule has 0 bridgehead atoms. The maximum Gasteiger partial charge on any atom is 0.204 e. The van der Waals surface area contributed by atoms with Gasteiger partial charge in [-0.2, -0.15) is 0 Å². The standard InChI is InChI=1S/C25H32N3O2S/c1-2-3-4-5-19-16-22-25(18-23(19)28-10-14-30-15-11-28)31-24-17-20(6-7-21(24)26-22)27-8-12-29-13-9-27/h6-7,16-18H,2-5,8-15H2,1H3/q+1. The van der Waals surface area contributed by atoms with Crippen molar-refractivity contribution in [3.63, 3.8) is 0 Å². The highest BCUT2D eigenvalue weighted by molar-refractivity contribution is 7.21. The molecule has 3 heterocycles. The number of morpholine rings is 2. The Kier molecular flexibility index (Phi) is 6.48. The number of anilines is 1. The highest BCUT2D eigenvalue weighted by Gasteiger charge is 2.19. The maximum absolute atomic E-state index is 5.61. The second-order valence-electron chi connectivity index (χ2n) is 8.47. The predicted molar refractivity (Wildman–Crippen MR) is 128 cm³/mol. The van der Waals surface area contributed by atoms with E-state index in [-0.39, 0.29) is 0 Å². The van der Waals surface area contributed by atoms with Crippen LogP contribution >= 0.6 is 11.3 Å². The average molecular weight is 439 g/mol. The molecule has 4 aliphatic rings. The largest absolute Gasteiger partial charge is 0.378 e. The Balaban J connectivity index is 1.59. The third kappa shape index (κ3) is 4.61. The van der Waals surface area contributed by atoms with Crippen LogP contribution in [0.5, 0.6) is 0 Å². The summed E-state index contributed by atoms with van der Waals surface area (Å²) < 4.78 is 14.9. The molecule has 0 saturated carbocycles. The van der Waals surface area contributed by atoms with Crippen LogP contribution in [-0.2, 0) is 15.9 Å². The van der Waals surface area contributed by atoms with Gasteiger partial charge in [-0.1, -0.05) is 19.8 Å². The summed E-state index contributed by atoms with van der Waals surface area (Å²) >= 11 is 1.87. The second kappa shape index (κ2) is 9.63. The number of hydrogen-bond acceptors (Lipinski definition) is 5. The Hall–Kier alpha value is -2.02. The molecular formula is C25H32N3O2S+. The smallest absolute Gasteiger partial charge is 0.204 e. The zero-order chi connectivity index (χ0) is 21.0. The lowest BCUT2D eigenvalue weighted by Gasteiger charge is -2.29. The first-order chi connectivity index (χ1) is 15.3. The minimum Gasteiger partial charge on any atom is -0.378 e. The summed E-state index contributed by atoms with van der Waals surface area (Å²) in [4.78, 5) is 8.75. The Morgan fingerprint density at radius 1 is 1.00 bits per heavy atom. The van der Waals surface area contributed by atoms with Gasteiger partial charge in [-0.3, -0.25) is 0 Å². The van der Waals surface area contributed by atoms with E-state index in [0.717, 1.165) is 70.2 Å². The molecule has 2 fully saturated rings. The number of ether oxygens (including phenoxy) is 2. The Morgan fingerprint density at radius 3 is 2.61 bits per heavy atom. The van der Waals surface area contributed by atoms with E-state index in [0.29, 0.717) is 0 Å². The van der Waals surface area contributed by atoms with Crippen molar-refractivity contribution in [2.75, 3.05) is 57.5 Å². The van der Waals surface area contributed by atoms with Crippen LogP contribution < -0.4 is 14.8 Å². The number of nitrogens with zero attached hydrogens (tertiary/aromatic N) is 3. The second-order valence-corrected chi connectivity index (χ2v) is 9.55. The highest BCUT2D eigenvalue weighted by Crippen LogP contribution is 2.33. The summed E-state index contributed by atoms with van der Waals surface area (Å²) in [5, 5.41) is 1.38. The van der Waals surface area contributed by atoms with E-state index in [1.54, 1.807) is 0 Å². The molecule has 0 spiro atoms. The third-order valence-electron chi connectivity index (χ3n) is 6.34. The van der Waals surface area contributed by atoms with Crippen molar-refractivity contribution in [2.45, 2.75) is 32.6 Å². The van der Waals surface area contributed by atoms with Gasteiger partial charge in [0.1, 0.15) is 13.2 Å². The quantitative estimate of drug-likeness (QED) is 0.345. The number of aryl methyl sites for hydroxylation is 1. The van der Waals surface area contributed by atoms with Crippen LogP contribution in [-0.4, -0.2) is 57.6 Å². The molecule has 31 heavy (non-hydrogen) atoms. The number of rotatable bonds is 5. The Labute approximate surface area is 188 Å². The summed E-state index contributed by atoms with van der Waals surface area (Å²) in [5.41, 5.74) is 4.93. The highest BCUT2D eigenvalue weighted by atomic mass is 32.1. The van der Waals surface area contributed by atoms with Crippen molar-refractivity contribution in [3.05, 3.63) is 41.3 Å². The van der Waals surface area contributed by atoms with Crippen molar-refractivity contribution >= 4 is 27.2 Å². The summed E-state index contributed by atoms with van der Waals surface area (Å²) in [6, 6.07) is 11.4. The van der Waals surface area contributed by atoms with E-state index >= 15 is 0 Å². The lowest BCUT2D eigenvalue weighted by Crippen LogP contribution is -2.41. The minimum atomic E-state index is 0.807. The number of hydrogen-bond donors (Lipinski definition) is 0. The van der Waals surface area contributed by atoms with Crippen LogP contribution in [0.3, 0.4) is 0 Å². The van der Waals surface area contributed by atoms with E-state index in [9.17, 15) is 0 Å². The van der Waals surface area contributed by atoms with Gasteiger partial charge in [0.05, 0.1) is 34.0 Å². The fourth-order valence-electron chi connectivity index (χ4n) is 4.58. The zero-order valence-corrected chi connectivity index (χ0v) is 19.3. The van der Waals surface area contributed by atoms with Gasteiger partial charge < -0.3 is 14.4 Å². The van der Waals surface area contributed by atoms with Gasteiger partial charge >= 0.3 is 0 Å². The molecular weight excluding hydrogens is 406 g/mol. The number of unbranched alkanes of at least 4 members (excludes halogenated alkanes) is 2. The van der Waals surface area contributed by atoms with Crippen molar-refractivity contribution in [1.82, 2.24) is 9.56 Å². The first-order valence-electron chi connectivity index (χ1n) is 11.7. The number of aromatic nitrogens is 1. The maximum atomic E-state index is 5.61. The van der Waals surface area contributed by atoms with Crippen LogP contribution in [0.25, 0.3) is 20.8 Å². The van der Waals surface area contributed by atoms with Crippen LogP contribution in [0, 0.1) is 0 Å². The molecule has 1 aromatic rings. The molecule has 3 aliphatic heterocycles. The van der Waals surface area contributed by atoms with Gasteiger partial charge in [0.25, 0.3) is 0 Å². The third-order valence-corrected chi connectivity index (χ3v) is 7.44. The first kappa shape index (κ1) is 20.9. The van der Waals surface area contributed by atoms with Gasteiger partial charge in [-0.15, -0.1) is 11.3 Å². The van der Waals surface area contributed by atoms with Crippen molar-refractivity contribution in [1.29, 1.82) is 0 Å². The van der Waals surface area contributed by atoms with Gasteiger partial charge in [-0.05, 0) is 37.1 Å². The average Bonchev–Trinajstić information content (AvgIpc) is 2.83. The van der Waals surface area contributed by atoms with Crippen LogP contribution in [0.2, 0.25) is 0 Å². The van der Waals surface area contributed by atoms with Gasteiger partial charge in [0.2, 0.25) is 5.36 Å². The SMILES string of the molecule is CCCCCc1cc2nc3ccc(N4CCOCC4)cc3sc-2cc1=[N+]1CCOCC1. The van der Waals surface area contributed by atoms with Crippen molar-refractivity contribution < 1.29 is 9.47 Å². The normalized spacial score (nSPS) is 17.6. The molecule has 5 nitrogen and oxygen atoms in total. The lowest BCUT2D eigenvalue weighted by atomic mass is 10.0. The van der Waals surface area contributed by atoms with Crippen LogP contribution in [0.4, 0.5) is 5.69 Å². The number of benzene rings is 2. The monoisotopic (exact) mass is 438 g/mol. The fourth-order valence-corrected chi connectivity index (χ4v) is 5.59. The topological polar surface area (TPSA) is 37.6 Å². The molecule has 0 amide bonds. The summed E-state index contributed by atoms with van der Waals surface area (Å²) in [5.74, 6) is 0. The zero-order valence-electron chi connectivity index (χ0n) is 18.4. The summed E-state index contributed by atoms with van der Waals surface area (Å²) in [6.45, 7) is 9.37. The van der Waals surface area contributed by atoms with Gasteiger partial charge in [0, 0.05) is 30.4 Å². The molecule has 164 valence electrons. The van der Waals surface area contributed by atoms with Crippen molar-refractivity contribution in [3.8, 4) is 10.6 Å². The molecule has 2 saturated heterocycles. The molecule has 0 N–H and O–H groups in total. The molecule has 6 heteroatoms. The molecule has 0 unspecified atom stereocenters. The fraction of sp³-hybridized carbons (Fsp3) is 0.520. The summed E-state index contributed by atoms with van der Waals surface area (Å²) in [6.07, 6.45) is 4.88. The molecule has 1 aliphatic carbocycles. The Bertz CT molecular complexity index is 1080. The van der Waals surface area contributed by atoms with Gasteiger partial charge in [0.15, 0.2) is 13.1 Å². The van der Waals surface area contributed by atoms with Crippen molar-refractivity contribution in [2.24, 2.45) is 0 Å². The lowest BCUT2D eigenvalue weighted by molar-refractivity contribution is 0.0964. The first-order valence-corrected chi connectivity index (χ1v) is 12.5. The Morgan fingerprint density at radius 2 is 1.81 bits per heavy atom. The van der Waals surface area contributed by atoms with Crippen LogP contribution in [0.15, 0.2) is 30.3 Å². The molecule has 0 atom stereocenters. The molecule has 1 aromatic carbocycles. The van der Waals surface area contributed by atoms with E-state index in [4.69, 9.17) is 14.5 Å². The van der Waals surface area contributed by atoms with Gasteiger partial charge in [-0.25, -0.2) is 9.56 Å². The summed E-state index contributed by atoms with van der Waals surface area (Å²) in [7, 11) is 0. The van der Waals surface area contributed by atoms with E-state index in [1.807, 2.05) is 11.3 Å².